The highest BCUT2D eigenvalue weighted by Gasteiger charge is 2.95. The fraction of sp³-hybridized carbons (Fsp3) is 0.333. The SMILES string of the molecule is Cn1c(=O)ccc2ncn(Cc3nc([C@@]45C6C4N(c4cc(Cl)ccn4)C[C@@H]65)no3)c(=O)c21. The number of rotatable bonds is 4. The third-order valence-electron chi connectivity index (χ3n) is 7.19. The van der Waals surface area contributed by atoms with E-state index < -0.39 is 0 Å². The van der Waals surface area contributed by atoms with Crippen LogP contribution in [-0.4, -0.2) is 41.8 Å². The average Bonchev–Trinajstić information content (AvgIpc) is 3.33. The summed E-state index contributed by atoms with van der Waals surface area (Å²) in [6, 6.07) is 6.89. The minimum atomic E-state index is -0.331. The maximum atomic E-state index is 12.9. The summed E-state index contributed by atoms with van der Waals surface area (Å²) in [6.45, 7) is 0.988. The number of anilines is 1. The summed E-state index contributed by atoms with van der Waals surface area (Å²) in [7, 11) is 1.55. The van der Waals surface area contributed by atoms with Gasteiger partial charge in [-0.3, -0.25) is 14.2 Å². The quantitative estimate of drug-likeness (QED) is 0.453. The molecule has 0 amide bonds. The van der Waals surface area contributed by atoms with E-state index in [4.69, 9.17) is 16.1 Å². The fourth-order valence-corrected chi connectivity index (χ4v) is 5.73. The van der Waals surface area contributed by atoms with E-state index in [9.17, 15) is 9.59 Å². The third kappa shape index (κ3) is 2.15. The van der Waals surface area contributed by atoms with Gasteiger partial charge >= 0.3 is 0 Å². The van der Waals surface area contributed by atoms with Crippen molar-refractivity contribution >= 4 is 28.5 Å². The first-order valence-corrected chi connectivity index (χ1v) is 10.6. The summed E-state index contributed by atoms with van der Waals surface area (Å²) in [6.07, 6.45) is 3.15. The van der Waals surface area contributed by atoms with E-state index in [0.29, 0.717) is 40.1 Å². The number of aryl methyl sites for hydroxylation is 1. The normalized spacial score (nSPS) is 27.1. The molecular formula is C21H16ClN7O3. The van der Waals surface area contributed by atoms with E-state index in [1.165, 1.54) is 21.5 Å². The number of hydrogen-bond donors (Lipinski definition) is 0. The lowest BCUT2D eigenvalue weighted by Crippen LogP contribution is -2.28. The van der Waals surface area contributed by atoms with Gasteiger partial charge in [-0.15, -0.1) is 0 Å². The minimum absolute atomic E-state index is 0.0811. The Balaban J connectivity index is 1.18. The predicted molar refractivity (Wildman–Crippen MR) is 114 cm³/mol. The highest BCUT2D eigenvalue weighted by Crippen LogP contribution is 2.85. The van der Waals surface area contributed by atoms with Crippen LogP contribution >= 0.6 is 11.6 Å². The molecule has 4 aromatic rings. The molecule has 2 aliphatic carbocycles. The Morgan fingerprint density at radius 2 is 2.12 bits per heavy atom. The number of halogens is 1. The van der Waals surface area contributed by atoms with Gasteiger partial charge in [-0.25, -0.2) is 9.97 Å². The first-order chi connectivity index (χ1) is 15.5. The van der Waals surface area contributed by atoms with Gasteiger partial charge in [-0.05, 0) is 24.1 Å². The molecule has 0 radical (unpaired) electrons. The fourth-order valence-electron chi connectivity index (χ4n) is 5.58. The molecule has 0 spiro atoms. The first-order valence-electron chi connectivity index (χ1n) is 10.3. The van der Waals surface area contributed by atoms with Crippen molar-refractivity contribution in [2.24, 2.45) is 18.9 Å². The predicted octanol–water partition coefficient (Wildman–Crippen LogP) is 0.961. The van der Waals surface area contributed by atoms with Gasteiger partial charge < -0.3 is 14.0 Å². The number of fused-ring (bicyclic) bond motifs is 2. The van der Waals surface area contributed by atoms with Gasteiger partial charge in [-0.2, -0.15) is 4.98 Å². The van der Waals surface area contributed by atoms with Gasteiger partial charge in [0.05, 0.1) is 17.3 Å². The molecule has 2 unspecified atom stereocenters. The van der Waals surface area contributed by atoms with Crippen molar-refractivity contribution in [2.75, 3.05) is 11.4 Å². The summed E-state index contributed by atoms with van der Waals surface area (Å²) in [5, 5.41) is 4.91. The number of hydrogen-bond acceptors (Lipinski definition) is 8. The molecule has 4 atom stereocenters. The summed E-state index contributed by atoms with van der Waals surface area (Å²) < 4.78 is 8.17. The minimum Gasteiger partial charge on any atom is -0.352 e. The second-order valence-electron chi connectivity index (χ2n) is 8.65. The van der Waals surface area contributed by atoms with E-state index >= 15 is 0 Å². The van der Waals surface area contributed by atoms with Crippen LogP contribution in [0.5, 0.6) is 0 Å². The van der Waals surface area contributed by atoms with Gasteiger partial charge in [0.1, 0.15) is 17.9 Å². The number of pyridine rings is 2. The van der Waals surface area contributed by atoms with E-state index in [1.807, 2.05) is 6.07 Å². The van der Waals surface area contributed by atoms with E-state index in [2.05, 4.69) is 25.0 Å². The summed E-state index contributed by atoms with van der Waals surface area (Å²) in [5.41, 5.74) is 0.0228. The zero-order valence-electron chi connectivity index (χ0n) is 16.8. The van der Waals surface area contributed by atoms with Crippen LogP contribution in [0.3, 0.4) is 0 Å². The van der Waals surface area contributed by atoms with Crippen LogP contribution in [0.25, 0.3) is 11.0 Å². The maximum absolute atomic E-state index is 12.9. The van der Waals surface area contributed by atoms with Crippen LogP contribution in [-0.2, 0) is 19.0 Å². The topological polar surface area (TPSA) is 112 Å². The van der Waals surface area contributed by atoms with Crippen molar-refractivity contribution in [1.82, 2.24) is 29.2 Å². The second-order valence-corrected chi connectivity index (χ2v) is 9.08. The smallest absolute Gasteiger partial charge is 0.278 e. The molecule has 10 nitrogen and oxygen atoms in total. The Morgan fingerprint density at radius 3 is 2.94 bits per heavy atom. The van der Waals surface area contributed by atoms with Gasteiger partial charge in [-0.1, -0.05) is 16.8 Å². The Morgan fingerprint density at radius 1 is 1.25 bits per heavy atom. The molecular weight excluding hydrogens is 434 g/mol. The Hall–Kier alpha value is -3.53. The standard InChI is InChI=1S/C21H16ClN7O3/c1-27-15(30)3-2-12-17(27)19(31)28(9-24-12)8-14-25-20(26-32-14)21-11-7-29(18(21)16(11)21)13-6-10(22)4-5-23-13/h2-6,9,11,16,18H,7-8H2,1H3/t11-,16?,18?,21-/m0/s1. The summed E-state index contributed by atoms with van der Waals surface area (Å²) in [5.74, 6) is 2.89. The van der Waals surface area contributed by atoms with Crippen molar-refractivity contribution in [3.8, 4) is 0 Å². The molecule has 2 aliphatic heterocycles. The molecule has 8 rings (SSSR count). The Kier molecular flexibility index (Phi) is 3.29. The van der Waals surface area contributed by atoms with E-state index in [0.717, 1.165) is 12.4 Å². The summed E-state index contributed by atoms with van der Waals surface area (Å²) >= 11 is 6.13. The molecule has 11 heteroatoms. The first kappa shape index (κ1) is 18.1. The van der Waals surface area contributed by atoms with Crippen molar-refractivity contribution in [1.29, 1.82) is 0 Å². The molecule has 2 saturated carbocycles. The van der Waals surface area contributed by atoms with Gasteiger partial charge in [0.25, 0.3) is 11.1 Å². The van der Waals surface area contributed by atoms with E-state index in [1.54, 1.807) is 25.4 Å². The number of nitrogens with zero attached hydrogens (tertiary/aromatic N) is 7. The van der Waals surface area contributed by atoms with Gasteiger partial charge in [0.15, 0.2) is 5.82 Å². The van der Waals surface area contributed by atoms with Crippen LogP contribution in [0.2, 0.25) is 5.02 Å². The van der Waals surface area contributed by atoms with Crippen LogP contribution in [0.4, 0.5) is 5.82 Å². The molecule has 4 fully saturated rings. The molecule has 6 heterocycles. The van der Waals surface area contributed by atoms with Crippen LogP contribution in [0.15, 0.2) is 50.9 Å². The molecule has 2 bridgehead atoms. The zero-order chi connectivity index (χ0) is 21.8. The lowest BCUT2D eigenvalue weighted by Gasteiger charge is -2.17. The molecule has 0 N–H and O–H groups in total. The molecule has 32 heavy (non-hydrogen) atoms. The average molecular weight is 450 g/mol. The highest BCUT2D eigenvalue weighted by molar-refractivity contribution is 6.30. The monoisotopic (exact) mass is 449 g/mol. The van der Waals surface area contributed by atoms with Crippen molar-refractivity contribution < 1.29 is 4.52 Å². The van der Waals surface area contributed by atoms with E-state index in [-0.39, 0.29) is 28.6 Å². The molecule has 160 valence electrons. The molecule has 4 aromatic heterocycles. The number of piperidine rings is 1. The van der Waals surface area contributed by atoms with Crippen molar-refractivity contribution in [2.45, 2.75) is 18.0 Å². The Bertz CT molecular complexity index is 1550. The maximum Gasteiger partial charge on any atom is 0.278 e. The van der Waals surface area contributed by atoms with Crippen LogP contribution < -0.4 is 16.0 Å². The lowest BCUT2D eigenvalue weighted by atomic mass is 10.1. The highest BCUT2D eigenvalue weighted by atomic mass is 35.5. The molecule has 4 aliphatic rings. The second kappa shape index (κ2) is 5.83. The zero-order valence-corrected chi connectivity index (χ0v) is 17.6. The third-order valence-corrected chi connectivity index (χ3v) is 7.43. The molecule has 0 aromatic carbocycles. The Labute approximate surface area is 185 Å². The lowest BCUT2D eigenvalue weighted by molar-refractivity contribution is 0.362. The number of aromatic nitrogens is 6. The van der Waals surface area contributed by atoms with Crippen LogP contribution in [0.1, 0.15) is 11.7 Å². The largest absolute Gasteiger partial charge is 0.352 e. The van der Waals surface area contributed by atoms with Crippen molar-refractivity contribution in [3.63, 3.8) is 0 Å². The van der Waals surface area contributed by atoms with Gasteiger partial charge in [0, 0.05) is 42.8 Å². The molecule has 2 saturated heterocycles. The van der Waals surface area contributed by atoms with Gasteiger partial charge in [0.2, 0.25) is 5.89 Å². The summed E-state index contributed by atoms with van der Waals surface area (Å²) in [4.78, 5) is 40.5. The van der Waals surface area contributed by atoms with Crippen LogP contribution in [0, 0.1) is 11.8 Å². The van der Waals surface area contributed by atoms with Crippen molar-refractivity contribution in [3.05, 3.63) is 74.2 Å².